The Morgan fingerprint density at radius 1 is 1.32 bits per heavy atom. The summed E-state index contributed by atoms with van der Waals surface area (Å²) < 4.78 is 9.89. The van der Waals surface area contributed by atoms with Gasteiger partial charge < -0.3 is 14.8 Å². The highest BCUT2D eigenvalue weighted by Gasteiger charge is 2.09. The molecule has 104 valence electrons. The van der Waals surface area contributed by atoms with Crippen LogP contribution in [-0.2, 0) is 9.53 Å². The highest BCUT2D eigenvalue weighted by molar-refractivity contribution is 6.18. The van der Waals surface area contributed by atoms with Gasteiger partial charge in [-0.2, -0.15) is 0 Å². The highest BCUT2D eigenvalue weighted by atomic mass is 35.5. The van der Waals surface area contributed by atoms with E-state index in [0.717, 1.165) is 0 Å². The molecule has 0 aromatic heterocycles. The van der Waals surface area contributed by atoms with E-state index in [2.05, 4.69) is 10.6 Å². The lowest BCUT2D eigenvalue weighted by molar-refractivity contribution is -0.114. The molecule has 19 heavy (non-hydrogen) atoms. The Bertz CT molecular complexity index is 465. The smallest absolute Gasteiger partial charge is 0.411 e. The molecule has 0 aliphatic rings. The quantitative estimate of drug-likeness (QED) is 0.815. The van der Waals surface area contributed by atoms with Gasteiger partial charge in [-0.25, -0.2) is 4.79 Å². The van der Waals surface area contributed by atoms with Crippen LogP contribution in [0.3, 0.4) is 0 Å². The summed E-state index contributed by atoms with van der Waals surface area (Å²) in [5.74, 6) is 0.467. The van der Waals surface area contributed by atoms with Crippen LogP contribution < -0.4 is 15.4 Å². The van der Waals surface area contributed by atoms with Crippen molar-refractivity contribution >= 4 is 35.0 Å². The van der Waals surface area contributed by atoms with E-state index in [9.17, 15) is 9.59 Å². The third-order valence-corrected chi connectivity index (χ3v) is 2.22. The van der Waals surface area contributed by atoms with Crippen LogP contribution in [0.2, 0.25) is 0 Å². The van der Waals surface area contributed by atoms with Crippen molar-refractivity contribution in [2.24, 2.45) is 0 Å². The molecule has 0 atom stereocenters. The molecule has 1 aromatic carbocycles. The number of benzene rings is 1. The average Bonchev–Trinajstić information content (AvgIpc) is 2.36. The maximum absolute atomic E-state index is 11.4. The highest BCUT2D eigenvalue weighted by Crippen LogP contribution is 2.27. The van der Waals surface area contributed by atoms with E-state index in [1.54, 1.807) is 18.2 Å². The van der Waals surface area contributed by atoms with Crippen molar-refractivity contribution in [3.63, 3.8) is 0 Å². The molecule has 0 unspecified atom stereocenters. The fourth-order valence-electron chi connectivity index (χ4n) is 1.36. The van der Waals surface area contributed by atoms with Crippen molar-refractivity contribution in [1.29, 1.82) is 0 Å². The van der Waals surface area contributed by atoms with E-state index in [4.69, 9.17) is 21.1 Å². The molecule has 0 fully saturated rings. The minimum atomic E-state index is -0.640. The molecule has 0 heterocycles. The standard InChI is InChI=1S/C12H15ClN2O4/c1-8(16)14-9-3-4-11(18-2)10(7-9)15-12(17)19-6-5-13/h3-4,7H,5-6H2,1-2H3,(H,14,16)(H,15,17). The van der Waals surface area contributed by atoms with E-state index >= 15 is 0 Å². The Labute approximate surface area is 116 Å². The van der Waals surface area contributed by atoms with Crippen LogP contribution in [-0.4, -0.2) is 31.6 Å². The van der Waals surface area contributed by atoms with Gasteiger partial charge in [-0.15, -0.1) is 11.6 Å². The SMILES string of the molecule is COc1ccc(NC(C)=O)cc1NC(=O)OCCCl. The first-order chi connectivity index (χ1) is 9.06. The van der Waals surface area contributed by atoms with E-state index in [0.29, 0.717) is 17.1 Å². The van der Waals surface area contributed by atoms with Crippen molar-refractivity contribution in [3.05, 3.63) is 18.2 Å². The first-order valence-corrected chi connectivity index (χ1v) is 6.05. The lowest BCUT2D eigenvalue weighted by atomic mass is 10.2. The van der Waals surface area contributed by atoms with Gasteiger partial charge in [0.2, 0.25) is 5.91 Å². The molecule has 0 spiro atoms. The zero-order valence-corrected chi connectivity index (χ0v) is 11.4. The number of rotatable bonds is 5. The predicted octanol–water partition coefficient (Wildman–Crippen LogP) is 2.44. The zero-order chi connectivity index (χ0) is 14.3. The summed E-state index contributed by atoms with van der Waals surface area (Å²) >= 11 is 5.41. The monoisotopic (exact) mass is 286 g/mol. The number of hydrogen-bond donors (Lipinski definition) is 2. The molecule has 0 saturated heterocycles. The first-order valence-electron chi connectivity index (χ1n) is 5.52. The Morgan fingerprint density at radius 2 is 2.05 bits per heavy atom. The number of nitrogens with one attached hydrogen (secondary N) is 2. The maximum Gasteiger partial charge on any atom is 0.411 e. The van der Waals surface area contributed by atoms with Crippen molar-refractivity contribution in [2.45, 2.75) is 6.92 Å². The van der Waals surface area contributed by atoms with Gasteiger partial charge in [0, 0.05) is 12.6 Å². The largest absolute Gasteiger partial charge is 0.495 e. The number of ether oxygens (including phenoxy) is 2. The number of carbonyl (C=O) groups is 2. The van der Waals surface area contributed by atoms with Crippen LogP contribution in [0, 0.1) is 0 Å². The summed E-state index contributed by atoms with van der Waals surface area (Å²) in [4.78, 5) is 22.4. The van der Waals surface area contributed by atoms with E-state index in [1.807, 2.05) is 0 Å². The van der Waals surface area contributed by atoms with Crippen LogP contribution in [0.1, 0.15) is 6.92 Å². The number of methoxy groups -OCH3 is 1. The molecule has 1 aromatic rings. The fraction of sp³-hybridized carbons (Fsp3) is 0.333. The summed E-state index contributed by atoms with van der Waals surface area (Å²) in [6.45, 7) is 1.51. The molecule has 7 heteroatoms. The molecule has 0 bridgehead atoms. The maximum atomic E-state index is 11.4. The molecule has 2 amide bonds. The van der Waals surface area contributed by atoms with Crippen LogP contribution in [0.25, 0.3) is 0 Å². The first kappa shape index (κ1) is 15.1. The summed E-state index contributed by atoms with van der Waals surface area (Å²) in [5, 5.41) is 5.12. The Hall–Kier alpha value is -1.95. The topological polar surface area (TPSA) is 76.7 Å². The van der Waals surface area contributed by atoms with Crippen molar-refractivity contribution in [1.82, 2.24) is 0 Å². The molecule has 0 radical (unpaired) electrons. The number of hydrogen-bond acceptors (Lipinski definition) is 4. The molecular formula is C12H15ClN2O4. The Morgan fingerprint density at radius 3 is 2.63 bits per heavy atom. The van der Waals surface area contributed by atoms with Gasteiger partial charge in [-0.1, -0.05) is 0 Å². The van der Waals surface area contributed by atoms with E-state index < -0.39 is 6.09 Å². The second-order valence-corrected chi connectivity index (χ2v) is 3.92. The summed E-state index contributed by atoms with van der Waals surface area (Å²) in [5.41, 5.74) is 0.939. The number of alkyl halides is 1. The van der Waals surface area contributed by atoms with Gasteiger partial charge in [0.1, 0.15) is 12.4 Å². The zero-order valence-electron chi connectivity index (χ0n) is 10.7. The molecule has 1 rings (SSSR count). The van der Waals surface area contributed by atoms with Gasteiger partial charge in [-0.05, 0) is 18.2 Å². The minimum Gasteiger partial charge on any atom is -0.495 e. The average molecular weight is 287 g/mol. The summed E-state index contributed by atoms with van der Waals surface area (Å²) in [7, 11) is 1.47. The van der Waals surface area contributed by atoms with Crippen LogP contribution in [0.4, 0.5) is 16.2 Å². The third-order valence-electron chi connectivity index (χ3n) is 2.07. The number of halogens is 1. The Kier molecular flexibility index (Phi) is 5.95. The Balaban J connectivity index is 2.83. The molecule has 0 aliphatic heterocycles. The van der Waals surface area contributed by atoms with E-state index in [1.165, 1.54) is 14.0 Å². The van der Waals surface area contributed by atoms with Crippen molar-refractivity contribution in [2.75, 3.05) is 30.2 Å². The second kappa shape index (κ2) is 7.48. The lowest BCUT2D eigenvalue weighted by Gasteiger charge is -2.12. The van der Waals surface area contributed by atoms with Crippen LogP contribution >= 0.6 is 11.6 Å². The van der Waals surface area contributed by atoms with Gasteiger partial charge in [-0.3, -0.25) is 10.1 Å². The van der Waals surface area contributed by atoms with Gasteiger partial charge in [0.15, 0.2) is 0 Å². The molecule has 0 saturated carbocycles. The minimum absolute atomic E-state index is 0.112. The predicted molar refractivity (Wildman–Crippen MR) is 73.0 cm³/mol. The number of amides is 2. The van der Waals surface area contributed by atoms with Gasteiger partial charge in [0.05, 0.1) is 18.7 Å². The summed E-state index contributed by atoms with van der Waals surface area (Å²) in [6.07, 6.45) is -0.640. The fourth-order valence-corrected chi connectivity index (χ4v) is 1.44. The van der Waals surface area contributed by atoms with Gasteiger partial charge in [0.25, 0.3) is 0 Å². The molecule has 0 aliphatic carbocycles. The van der Waals surface area contributed by atoms with Crippen molar-refractivity contribution in [3.8, 4) is 5.75 Å². The van der Waals surface area contributed by atoms with Crippen LogP contribution in [0.5, 0.6) is 5.75 Å². The normalized spacial score (nSPS) is 9.63. The molecular weight excluding hydrogens is 272 g/mol. The number of carbonyl (C=O) groups excluding carboxylic acids is 2. The van der Waals surface area contributed by atoms with E-state index in [-0.39, 0.29) is 18.4 Å². The van der Waals surface area contributed by atoms with Crippen LogP contribution in [0.15, 0.2) is 18.2 Å². The lowest BCUT2D eigenvalue weighted by Crippen LogP contribution is -2.16. The summed E-state index contributed by atoms with van der Waals surface area (Å²) in [6, 6.07) is 4.86. The molecule has 2 N–H and O–H groups in total. The van der Waals surface area contributed by atoms with Gasteiger partial charge >= 0.3 is 6.09 Å². The second-order valence-electron chi connectivity index (χ2n) is 3.55. The van der Waals surface area contributed by atoms with Crippen molar-refractivity contribution < 1.29 is 19.1 Å². The third kappa shape index (κ3) is 5.05. The molecule has 6 nitrogen and oxygen atoms in total. The number of anilines is 2.